The number of rotatable bonds is 3. The van der Waals surface area contributed by atoms with Gasteiger partial charge in [0.2, 0.25) is 0 Å². The fraction of sp³-hybridized carbons (Fsp3) is 0.538. The number of likely N-dealkylation sites (tertiary alicyclic amines) is 1. The van der Waals surface area contributed by atoms with Crippen LogP contribution in [-0.4, -0.2) is 25.1 Å². The molecule has 0 spiro atoms. The summed E-state index contributed by atoms with van der Waals surface area (Å²) in [4.78, 5) is 2.35. The Hall–Kier alpha value is -1.06. The average Bonchev–Trinajstić information content (AvgIpc) is 2.39. The minimum absolute atomic E-state index is 0.0335. The van der Waals surface area contributed by atoms with E-state index in [4.69, 9.17) is 10.5 Å². The Morgan fingerprint density at radius 1 is 1.12 bits per heavy atom. The number of piperidine rings is 1. The van der Waals surface area contributed by atoms with Gasteiger partial charge in [0.1, 0.15) is 5.75 Å². The summed E-state index contributed by atoms with van der Waals surface area (Å²) in [5.41, 5.74) is 7.42. The third-order valence-electron chi connectivity index (χ3n) is 3.24. The van der Waals surface area contributed by atoms with Gasteiger partial charge in [0.15, 0.2) is 0 Å². The van der Waals surface area contributed by atoms with Gasteiger partial charge in [-0.2, -0.15) is 0 Å². The second kappa shape index (κ2) is 5.32. The van der Waals surface area contributed by atoms with Gasteiger partial charge in [-0.15, -0.1) is 0 Å². The number of hydrogen-bond acceptors (Lipinski definition) is 3. The fourth-order valence-corrected chi connectivity index (χ4v) is 2.21. The monoisotopic (exact) mass is 220 g/mol. The minimum Gasteiger partial charge on any atom is -0.497 e. The van der Waals surface area contributed by atoms with Crippen LogP contribution in [0.3, 0.4) is 0 Å². The van der Waals surface area contributed by atoms with E-state index in [1.54, 1.807) is 7.11 Å². The van der Waals surface area contributed by atoms with Crippen LogP contribution in [0.5, 0.6) is 5.75 Å². The number of ether oxygens (including phenoxy) is 1. The molecule has 0 radical (unpaired) electrons. The highest BCUT2D eigenvalue weighted by atomic mass is 16.5. The zero-order chi connectivity index (χ0) is 11.4. The van der Waals surface area contributed by atoms with Gasteiger partial charge in [0, 0.05) is 0 Å². The molecule has 1 unspecified atom stereocenters. The van der Waals surface area contributed by atoms with Crippen LogP contribution >= 0.6 is 0 Å². The molecule has 1 aromatic carbocycles. The minimum atomic E-state index is 0.0335. The van der Waals surface area contributed by atoms with E-state index in [1.807, 2.05) is 12.1 Å². The van der Waals surface area contributed by atoms with Crippen molar-refractivity contribution in [3.8, 4) is 5.75 Å². The van der Waals surface area contributed by atoms with Crippen molar-refractivity contribution in [2.24, 2.45) is 5.73 Å². The predicted octanol–water partition coefficient (Wildman–Crippen LogP) is 2.14. The van der Waals surface area contributed by atoms with Gasteiger partial charge in [-0.25, -0.2) is 0 Å². The van der Waals surface area contributed by atoms with Gasteiger partial charge in [-0.05, 0) is 43.6 Å². The van der Waals surface area contributed by atoms with Gasteiger partial charge >= 0.3 is 0 Å². The standard InChI is InChI=1S/C13H20N2O/c1-16-12-7-5-11(6-8-12)13(14)15-9-3-2-4-10-15/h5-8,13H,2-4,9-10,14H2,1H3. The highest BCUT2D eigenvalue weighted by molar-refractivity contribution is 5.28. The number of methoxy groups -OCH3 is 1. The lowest BCUT2D eigenvalue weighted by atomic mass is 10.1. The molecular weight excluding hydrogens is 200 g/mol. The molecule has 3 heteroatoms. The van der Waals surface area contributed by atoms with Gasteiger partial charge in [-0.1, -0.05) is 18.6 Å². The number of benzene rings is 1. The maximum absolute atomic E-state index is 6.25. The molecule has 0 saturated carbocycles. The largest absolute Gasteiger partial charge is 0.497 e. The third-order valence-corrected chi connectivity index (χ3v) is 3.24. The molecule has 16 heavy (non-hydrogen) atoms. The van der Waals surface area contributed by atoms with Crippen molar-refractivity contribution in [3.05, 3.63) is 29.8 Å². The predicted molar refractivity (Wildman–Crippen MR) is 65.3 cm³/mol. The second-order valence-corrected chi connectivity index (χ2v) is 4.31. The first-order chi connectivity index (χ1) is 7.81. The average molecular weight is 220 g/mol. The molecule has 1 aliphatic heterocycles. The Balaban J connectivity index is 2.04. The van der Waals surface area contributed by atoms with Crippen LogP contribution in [0.25, 0.3) is 0 Å². The van der Waals surface area contributed by atoms with Gasteiger partial charge in [0.05, 0.1) is 13.3 Å². The molecule has 88 valence electrons. The number of nitrogens with two attached hydrogens (primary N) is 1. The van der Waals surface area contributed by atoms with Crippen LogP contribution in [0.15, 0.2) is 24.3 Å². The molecule has 1 aromatic rings. The second-order valence-electron chi connectivity index (χ2n) is 4.31. The van der Waals surface area contributed by atoms with Gasteiger partial charge in [0.25, 0.3) is 0 Å². The molecule has 1 atom stereocenters. The summed E-state index contributed by atoms with van der Waals surface area (Å²) in [6, 6.07) is 8.05. The summed E-state index contributed by atoms with van der Waals surface area (Å²) in [6.07, 6.45) is 3.91. The Kier molecular flexibility index (Phi) is 3.80. The normalized spacial score (nSPS) is 19.4. The van der Waals surface area contributed by atoms with Crippen LogP contribution < -0.4 is 10.5 Å². The van der Waals surface area contributed by atoms with E-state index >= 15 is 0 Å². The molecule has 1 heterocycles. The van der Waals surface area contributed by atoms with Gasteiger partial charge in [-0.3, -0.25) is 4.90 Å². The van der Waals surface area contributed by atoms with E-state index in [1.165, 1.54) is 24.8 Å². The summed E-state index contributed by atoms with van der Waals surface area (Å²) in [5, 5.41) is 0. The first-order valence-electron chi connectivity index (χ1n) is 5.95. The molecular formula is C13H20N2O. The van der Waals surface area contributed by atoms with Crippen LogP contribution in [0, 0.1) is 0 Å². The Bertz CT molecular complexity index is 317. The SMILES string of the molecule is COc1ccc(C(N)N2CCCCC2)cc1. The first kappa shape index (κ1) is 11.4. The Morgan fingerprint density at radius 3 is 2.31 bits per heavy atom. The molecule has 0 aromatic heterocycles. The highest BCUT2D eigenvalue weighted by Crippen LogP contribution is 2.22. The van der Waals surface area contributed by atoms with Crippen molar-refractivity contribution in [2.45, 2.75) is 25.4 Å². The molecule has 1 saturated heterocycles. The quantitative estimate of drug-likeness (QED) is 0.848. The van der Waals surface area contributed by atoms with E-state index in [-0.39, 0.29) is 6.17 Å². The molecule has 2 rings (SSSR count). The van der Waals surface area contributed by atoms with E-state index in [2.05, 4.69) is 17.0 Å². The zero-order valence-electron chi connectivity index (χ0n) is 9.86. The molecule has 1 fully saturated rings. The lowest BCUT2D eigenvalue weighted by Crippen LogP contribution is -2.38. The maximum atomic E-state index is 6.25. The third kappa shape index (κ3) is 2.54. The van der Waals surface area contributed by atoms with Crippen molar-refractivity contribution in [1.82, 2.24) is 4.90 Å². The first-order valence-corrected chi connectivity index (χ1v) is 5.95. The number of nitrogens with zero attached hydrogens (tertiary/aromatic N) is 1. The fourth-order valence-electron chi connectivity index (χ4n) is 2.21. The topological polar surface area (TPSA) is 38.5 Å². The highest BCUT2D eigenvalue weighted by Gasteiger charge is 2.18. The molecule has 2 N–H and O–H groups in total. The van der Waals surface area contributed by atoms with Crippen molar-refractivity contribution >= 4 is 0 Å². The van der Waals surface area contributed by atoms with Crippen molar-refractivity contribution < 1.29 is 4.74 Å². The zero-order valence-corrected chi connectivity index (χ0v) is 9.86. The summed E-state index contributed by atoms with van der Waals surface area (Å²) >= 11 is 0. The van der Waals surface area contributed by atoms with Gasteiger partial charge < -0.3 is 10.5 Å². The van der Waals surface area contributed by atoms with E-state index in [0.29, 0.717) is 0 Å². The van der Waals surface area contributed by atoms with E-state index in [0.717, 1.165) is 18.8 Å². The van der Waals surface area contributed by atoms with Crippen LogP contribution in [-0.2, 0) is 0 Å². The molecule has 3 nitrogen and oxygen atoms in total. The molecule has 1 aliphatic rings. The Morgan fingerprint density at radius 2 is 1.75 bits per heavy atom. The molecule has 0 amide bonds. The van der Waals surface area contributed by atoms with Crippen molar-refractivity contribution in [2.75, 3.05) is 20.2 Å². The van der Waals surface area contributed by atoms with Crippen LogP contribution in [0.4, 0.5) is 0 Å². The summed E-state index contributed by atoms with van der Waals surface area (Å²) in [5.74, 6) is 0.884. The molecule has 0 aliphatic carbocycles. The van der Waals surface area contributed by atoms with E-state index in [9.17, 15) is 0 Å². The lowest BCUT2D eigenvalue weighted by Gasteiger charge is -2.32. The van der Waals surface area contributed by atoms with Crippen molar-refractivity contribution in [3.63, 3.8) is 0 Å². The summed E-state index contributed by atoms with van der Waals surface area (Å²) in [7, 11) is 1.68. The number of hydrogen-bond donors (Lipinski definition) is 1. The summed E-state index contributed by atoms with van der Waals surface area (Å²) < 4.78 is 5.14. The maximum Gasteiger partial charge on any atom is 0.118 e. The van der Waals surface area contributed by atoms with Crippen LogP contribution in [0.2, 0.25) is 0 Å². The lowest BCUT2D eigenvalue weighted by molar-refractivity contribution is 0.167. The Labute approximate surface area is 97.2 Å². The summed E-state index contributed by atoms with van der Waals surface area (Å²) in [6.45, 7) is 2.24. The van der Waals surface area contributed by atoms with Crippen molar-refractivity contribution in [1.29, 1.82) is 0 Å². The van der Waals surface area contributed by atoms with E-state index < -0.39 is 0 Å². The smallest absolute Gasteiger partial charge is 0.118 e. The molecule has 0 bridgehead atoms. The van der Waals surface area contributed by atoms with Crippen LogP contribution in [0.1, 0.15) is 31.0 Å².